The SMILES string of the molecule is Cc1cc(N(C)C)ccc1NC(=O)NCCCN1CCC(C)CC1. The van der Waals surface area contributed by atoms with Crippen LogP contribution in [-0.2, 0) is 0 Å². The lowest BCUT2D eigenvalue weighted by Crippen LogP contribution is -2.36. The second-order valence-corrected chi connectivity index (χ2v) is 7.15. The lowest BCUT2D eigenvalue weighted by molar-refractivity contribution is 0.190. The van der Waals surface area contributed by atoms with E-state index in [1.165, 1.54) is 25.9 Å². The van der Waals surface area contributed by atoms with Gasteiger partial charge in [-0.05, 0) is 75.5 Å². The van der Waals surface area contributed by atoms with Crippen LogP contribution in [0.25, 0.3) is 0 Å². The van der Waals surface area contributed by atoms with Gasteiger partial charge in [-0.1, -0.05) is 6.92 Å². The van der Waals surface area contributed by atoms with Crippen molar-refractivity contribution in [3.8, 4) is 0 Å². The van der Waals surface area contributed by atoms with Crippen LogP contribution >= 0.6 is 0 Å². The lowest BCUT2D eigenvalue weighted by atomic mass is 9.99. The molecule has 0 radical (unpaired) electrons. The maximum Gasteiger partial charge on any atom is 0.319 e. The molecule has 0 aliphatic carbocycles. The number of carbonyl (C=O) groups excluding carboxylic acids is 1. The molecule has 0 unspecified atom stereocenters. The summed E-state index contributed by atoms with van der Waals surface area (Å²) in [5, 5.41) is 5.90. The summed E-state index contributed by atoms with van der Waals surface area (Å²) in [6.45, 7) is 8.53. The van der Waals surface area contributed by atoms with Crippen molar-refractivity contribution in [2.75, 3.05) is 50.5 Å². The maximum absolute atomic E-state index is 12.0. The molecule has 1 aromatic rings. The zero-order valence-corrected chi connectivity index (χ0v) is 15.6. The minimum atomic E-state index is -0.122. The summed E-state index contributed by atoms with van der Waals surface area (Å²) < 4.78 is 0. The number of amides is 2. The number of likely N-dealkylation sites (tertiary alicyclic amines) is 1. The van der Waals surface area contributed by atoms with Crippen LogP contribution in [0.2, 0.25) is 0 Å². The van der Waals surface area contributed by atoms with E-state index < -0.39 is 0 Å². The second kappa shape index (κ2) is 8.92. The molecule has 2 rings (SSSR count). The summed E-state index contributed by atoms with van der Waals surface area (Å²) in [7, 11) is 4.02. The van der Waals surface area contributed by atoms with Gasteiger partial charge in [-0.2, -0.15) is 0 Å². The molecule has 134 valence electrons. The van der Waals surface area contributed by atoms with Gasteiger partial charge in [0.25, 0.3) is 0 Å². The van der Waals surface area contributed by atoms with Crippen molar-refractivity contribution in [3.63, 3.8) is 0 Å². The van der Waals surface area contributed by atoms with Gasteiger partial charge >= 0.3 is 6.03 Å². The van der Waals surface area contributed by atoms with Gasteiger partial charge < -0.3 is 20.4 Å². The van der Waals surface area contributed by atoms with Crippen molar-refractivity contribution in [3.05, 3.63) is 23.8 Å². The fraction of sp³-hybridized carbons (Fsp3) is 0.632. The molecule has 5 heteroatoms. The van der Waals surface area contributed by atoms with E-state index in [4.69, 9.17) is 0 Å². The Morgan fingerprint density at radius 2 is 2.00 bits per heavy atom. The number of hydrogen-bond donors (Lipinski definition) is 2. The third-order valence-corrected chi connectivity index (χ3v) is 4.79. The van der Waals surface area contributed by atoms with Crippen LogP contribution in [0.15, 0.2) is 18.2 Å². The van der Waals surface area contributed by atoms with Gasteiger partial charge in [0, 0.05) is 32.0 Å². The second-order valence-electron chi connectivity index (χ2n) is 7.15. The third-order valence-electron chi connectivity index (χ3n) is 4.79. The first-order valence-corrected chi connectivity index (χ1v) is 9.01. The average Bonchev–Trinajstić information content (AvgIpc) is 2.55. The summed E-state index contributed by atoms with van der Waals surface area (Å²) in [5.41, 5.74) is 3.07. The topological polar surface area (TPSA) is 47.6 Å². The molecule has 1 saturated heterocycles. The number of piperidine rings is 1. The van der Waals surface area contributed by atoms with Crippen molar-refractivity contribution in [2.24, 2.45) is 5.92 Å². The third kappa shape index (κ3) is 5.71. The highest BCUT2D eigenvalue weighted by molar-refractivity contribution is 5.90. The molecule has 1 aliphatic rings. The van der Waals surface area contributed by atoms with Crippen molar-refractivity contribution in [2.45, 2.75) is 33.1 Å². The highest BCUT2D eigenvalue weighted by Gasteiger charge is 2.14. The van der Waals surface area contributed by atoms with Crippen LogP contribution in [0.3, 0.4) is 0 Å². The van der Waals surface area contributed by atoms with Crippen LogP contribution in [-0.4, -0.2) is 51.2 Å². The molecule has 0 aromatic heterocycles. The maximum atomic E-state index is 12.0. The van der Waals surface area contributed by atoms with Crippen molar-refractivity contribution < 1.29 is 4.79 Å². The van der Waals surface area contributed by atoms with Gasteiger partial charge in [0.1, 0.15) is 0 Å². The first kappa shape index (κ1) is 18.6. The van der Waals surface area contributed by atoms with Crippen molar-refractivity contribution >= 4 is 17.4 Å². The van der Waals surface area contributed by atoms with Crippen LogP contribution in [0.5, 0.6) is 0 Å². The summed E-state index contributed by atoms with van der Waals surface area (Å²) in [6.07, 6.45) is 3.60. The van der Waals surface area contributed by atoms with E-state index in [-0.39, 0.29) is 6.03 Å². The highest BCUT2D eigenvalue weighted by atomic mass is 16.2. The number of urea groups is 1. The Balaban J connectivity index is 1.68. The number of carbonyl (C=O) groups is 1. The summed E-state index contributed by atoms with van der Waals surface area (Å²) in [6, 6.07) is 5.93. The van der Waals surface area contributed by atoms with Crippen LogP contribution in [0.4, 0.5) is 16.2 Å². The predicted molar refractivity (Wildman–Crippen MR) is 102 cm³/mol. The Labute approximate surface area is 146 Å². The van der Waals surface area contributed by atoms with Gasteiger partial charge in [-0.3, -0.25) is 0 Å². The van der Waals surface area contributed by atoms with Crippen molar-refractivity contribution in [1.82, 2.24) is 10.2 Å². The Morgan fingerprint density at radius 3 is 2.62 bits per heavy atom. The Bertz CT molecular complexity index is 536. The first-order valence-electron chi connectivity index (χ1n) is 9.01. The molecule has 1 aliphatic heterocycles. The molecule has 0 atom stereocenters. The van der Waals surface area contributed by atoms with Gasteiger partial charge in [0.05, 0.1) is 0 Å². The summed E-state index contributed by atoms with van der Waals surface area (Å²) in [5.74, 6) is 0.868. The van der Waals surface area contributed by atoms with Gasteiger partial charge in [0.2, 0.25) is 0 Å². The van der Waals surface area contributed by atoms with E-state index >= 15 is 0 Å². The zero-order chi connectivity index (χ0) is 17.5. The Morgan fingerprint density at radius 1 is 1.29 bits per heavy atom. The molecule has 24 heavy (non-hydrogen) atoms. The monoisotopic (exact) mass is 332 g/mol. The summed E-state index contributed by atoms with van der Waals surface area (Å²) in [4.78, 5) is 16.6. The van der Waals surface area contributed by atoms with E-state index in [0.717, 1.165) is 35.8 Å². The lowest BCUT2D eigenvalue weighted by Gasteiger charge is -2.30. The van der Waals surface area contributed by atoms with E-state index in [0.29, 0.717) is 6.54 Å². The molecule has 0 spiro atoms. The van der Waals surface area contributed by atoms with Gasteiger partial charge in [-0.15, -0.1) is 0 Å². The van der Waals surface area contributed by atoms with Crippen molar-refractivity contribution in [1.29, 1.82) is 0 Å². The number of anilines is 2. The van der Waals surface area contributed by atoms with Crippen LogP contribution in [0, 0.1) is 12.8 Å². The smallest absolute Gasteiger partial charge is 0.319 e. The Kier molecular flexibility index (Phi) is 6.91. The summed E-state index contributed by atoms with van der Waals surface area (Å²) >= 11 is 0. The minimum Gasteiger partial charge on any atom is -0.378 e. The average molecular weight is 332 g/mol. The van der Waals surface area contributed by atoms with Gasteiger partial charge in [0.15, 0.2) is 0 Å². The number of aryl methyl sites for hydroxylation is 1. The van der Waals surface area contributed by atoms with Gasteiger partial charge in [-0.25, -0.2) is 4.79 Å². The normalized spacial score (nSPS) is 16.0. The molecule has 2 N–H and O–H groups in total. The molecule has 1 heterocycles. The zero-order valence-electron chi connectivity index (χ0n) is 15.6. The fourth-order valence-electron chi connectivity index (χ4n) is 3.02. The molecule has 2 amide bonds. The predicted octanol–water partition coefficient (Wildman–Crippen LogP) is 3.30. The Hall–Kier alpha value is -1.75. The quantitative estimate of drug-likeness (QED) is 0.786. The minimum absolute atomic E-state index is 0.122. The number of nitrogens with zero attached hydrogens (tertiary/aromatic N) is 2. The van der Waals surface area contributed by atoms with Crippen LogP contribution in [0.1, 0.15) is 31.7 Å². The molecule has 0 saturated carbocycles. The number of rotatable bonds is 6. The number of benzene rings is 1. The van der Waals surface area contributed by atoms with E-state index in [9.17, 15) is 4.79 Å². The number of nitrogens with one attached hydrogen (secondary N) is 2. The highest BCUT2D eigenvalue weighted by Crippen LogP contribution is 2.21. The molecular formula is C19H32N4O. The molecule has 1 aromatic carbocycles. The van der Waals surface area contributed by atoms with E-state index in [2.05, 4.69) is 33.4 Å². The van der Waals surface area contributed by atoms with Crippen LogP contribution < -0.4 is 15.5 Å². The standard InChI is InChI=1S/C19H32N4O/c1-15-8-12-23(13-9-15)11-5-10-20-19(24)21-18-7-6-17(22(3)4)14-16(18)2/h6-7,14-15H,5,8-13H2,1-4H3,(H2,20,21,24). The largest absolute Gasteiger partial charge is 0.378 e. The van der Waals surface area contributed by atoms with E-state index in [1.54, 1.807) is 0 Å². The molecular weight excluding hydrogens is 300 g/mol. The molecule has 5 nitrogen and oxygen atoms in total. The molecule has 0 bridgehead atoms. The fourth-order valence-corrected chi connectivity index (χ4v) is 3.02. The first-order chi connectivity index (χ1) is 11.5. The van der Waals surface area contributed by atoms with E-state index in [1.807, 2.05) is 33.2 Å². The molecule has 1 fully saturated rings. The number of hydrogen-bond acceptors (Lipinski definition) is 3.